The van der Waals surface area contributed by atoms with Crippen molar-refractivity contribution in [2.45, 2.75) is 19.3 Å². The van der Waals surface area contributed by atoms with Gasteiger partial charge >= 0.3 is 6.36 Å². The van der Waals surface area contributed by atoms with Crippen molar-refractivity contribution in [2.75, 3.05) is 19.6 Å². The number of ether oxygens (including phenoxy) is 1. The topological polar surface area (TPSA) is 41.6 Å². The van der Waals surface area contributed by atoms with Crippen molar-refractivity contribution in [2.24, 2.45) is 0 Å². The van der Waals surface area contributed by atoms with Crippen molar-refractivity contribution in [3.8, 4) is 5.75 Å². The van der Waals surface area contributed by atoms with E-state index in [1.165, 1.54) is 23.1 Å². The summed E-state index contributed by atoms with van der Waals surface area (Å²) in [4.78, 5) is 13.8. The predicted octanol–water partition coefficient (Wildman–Crippen LogP) is 2.02. The molecule has 20 heavy (non-hydrogen) atoms. The van der Waals surface area contributed by atoms with E-state index in [0.29, 0.717) is 19.6 Å². The van der Waals surface area contributed by atoms with Crippen LogP contribution in [-0.4, -0.2) is 42.8 Å². The van der Waals surface area contributed by atoms with Gasteiger partial charge in [-0.2, -0.15) is 0 Å². The molecule has 1 saturated heterocycles. The molecule has 2 rings (SSSR count). The molecule has 110 valence electrons. The number of hydrogen-bond donors (Lipinski definition) is 1. The zero-order valence-electron chi connectivity index (χ0n) is 10.9. The molecule has 1 fully saturated rings. The zero-order valence-corrected chi connectivity index (χ0v) is 10.9. The standard InChI is InChI=1S/C13H15F3N2O2/c1-9-8-18(7-6-17-9)12(19)10-4-2-3-5-11(10)20-13(14,15)16/h2-5,9,17H,6-8H2,1H3/t9-/m0/s1. The SMILES string of the molecule is C[C@H]1CN(C(=O)c2ccccc2OC(F)(F)F)CCN1. The Balaban J connectivity index is 2.21. The van der Waals surface area contributed by atoms with Gasteiger partial charge in [0.15, 0.2) is 0 Å². The van der Waals surface area contributed by atoms with Crippen molar-refractivity contribution in [1.82, 2.24) is 10.2 Å². The molecular weight excluding hydrogens is 273 g/mol. The third-order valence-electron chi connectivity index (χ3n) is 3.00. The molecule has 1 amide bonds. The summed E-state index contributed by atoms with van der Waals surface area (Å²) in [5, 5.41) is 3.17. The number of carbonyl (C=O) groups is 1. The molecule has 1 atom stereocenters. The molecule has 7 heteroatoms. The van der Waals surface area contributed by atoms with Gasteiger partial charge in [0.05, 0.1) is 5.56 Å². The second kappa shape index (κ2) is 5.70. The summed E-state index contributed by atoms with van der Waals surface area (Å²) < 4.78 is 40.9. The summed E-state index contributed by atoms with van der Waals surface area (Å²) in [5.74, 6) is -0.908. The molecule has 0 saturated carbocycles. The Hall–Kier alpha value is -1.76. The molecule has 0 aromatic heterocycles. The van der Waals surface area contributed by atoms with E-state index in [2.05, 4.69) is 10.1 Å². The minimum atomic E-state index is -4.81. The quantitative estimate of drug-likeness (QED) is 0.905. The number of alkyl halides is 3. The third kappa shape index (κ3) is 3.63. The Bertz CT molecular complexity index is 491. The van der Waals surface area contributed by atoms with Crippen molar-refractivity contribution in [3.05, 3.63) is 29.8 Å². The van der Waals surface area contributed by atoms with Gasteiger partial charge in [-0.3, -0.25) is 4.79 Å². The van der Waals surface area contributed by atoms with Gasteiger partial charge in [-0.1, -0.05) is 12.1 Å². The lowest BCUT2D eigenvalue weighted by molar-refractivity contribution is -0.274. The number of nitrogens with zero attached hydrogens (tertiary/aromatic N) is 1. The molecule has 1 N–H and O–H groups in total. The number of hydrogen-bond acceptors (Lipinski definition) is 3. The first kappa shape index (κ1) is 14.6. The highest BCUT2D eigenvalue weighted by molar-refractivity contribution is 5.97. The average molecular weight is 288 g/mol. The fourth-order valence-electron chi connectivity index (χ4n) is 2.14. The number of amides is 1. The summed E-state index contributed by atoms with van der Waals surface area (Å²) >= 11 is 0. The van der Waals surface area contributed by atoms with Crippen LogP contribution in [0.3, 0.4) is 0 Å². The Kier molecular flexibility index (Phi) is 4.17. The summed E-state index contributed by atoms with van der Waals surface area (Å²) in [5.41, 5.74) is -0.0704. The van der Waals surface area contributed by atoms with Crippen LogP contribution in [0, 0.1) is 0 Å². The molecule has 0 spiro atoms. The fourth-order valence-corrected chi connectivity index (χ4v) is 2.14. The summed E-state index contributed by atoms with van der Waals surface area (Å²) in [6, 6.07) is 5.52. The smallest absolute Gasteiger partial charge is 0.405 e. The van der Waals surface area contributed by atoms with Crippen LogP contribution in [0.1, 0.15) is 17.3 Å². The fraction of sp³-hybridized carbons (Fsp3) is 0.462. The average Bonchev–Trinajstić information content (AvgIpc) is 2.37. The maximum atomic E-state index is 12.3. The van der Waals surface area contributed by atoms with Gasteiger partial charge in [-0.15, -0.1) is 13.2 Å². The van der Waals surface area contributed by atoms with Gasteiger partial charge in [-0.25, -0.2) is 0 Å². The molecule has 4 nitrogen and oxygen atoms in total. The summed E-state index contributed by atoms with van der Waals surface area (Å²) in [6.45, 7) is 3.45. The lowest BCUT2D eigenvalue weighted by atomic mass is 10.1. The van der Waals surface area contributed by atoms with E-state index in [1.54, 1.807) is 0 Å². The van der Waals surface area contributed by atoms with Gasteiger partial charge in [0.1, 0.15) is 5.75 Å². The minimum Gasteiger partial charge on any atom is -0.405 e. The van der Waals surface area contributed by atoms with E-state index in [-0.39, 0.29) is 11.6 Å². The van der Waals surface area contributed by atoms with Crippen LogP contribution in [-0.2, 0) is 0 Å². The summed E-state index contributed by atoms with van der Waals surface area (Å²) in [6.07, 6.45) is -4.81. The van der Waals surface area contributed by atoms with E-state index in [9.17, 15) is 18.0 Å². The Morgan fingerprint density at radius 1 is 1.40 bits per heavy atom. The van der Waals surface area contributed by atoms with Crippen molar-refractivity contribution < 1.29 is 22.7 Å². The number of nitrogens with one attached hydrogen (secondary N) is 1. The van der Waals surface area contributed by atoms with Crippen molar-refractivity contribution >= 4 is 5.91 Å². The molecule has 1 aromatic carbocycles. The van der Waals surface area contributed by atoms with Gasteiger partial charge < -0.3 is 15.0 Å². The van der Waals surface area contributed by atoms with Crippen LogP contribution >= 0.6 is 0 Å². The maximum Gasteiger partial charge on any atom is 0.573 e. The highest BCUT2D eigenvalue weighted by atomic mass is 19.4. The number of halogens is 3. The number of para-hydroxylation sites is 1. The van der Waals surface area contributed by atoms with Crippen LogP contribution in [0.15, 0.2) is 24.3 Å². The first-order chi connectivity index (χ1) is 9.37. The van der Waals surface area contributed by atoms with Crippen LogP contribution in [0.2, 0.25) is 0 Å². The monoisotopic (exact) mass is 288 g/mol. The van der Waals surface area contributed by atoms with E-state index >= 15 is 0 Å². The summed E-state index contributed by atoms with van der Waals surface area (Å²) in [7, 11) is 0. The molecule has 1 aromatic rings. The maximum absolute atomic E-state index is 12.3. The van der Waals surface area contributed by atoms with E-state index in [0.717, 1.165) is 6.07 Å². The van der Waals surface area contributed by atoms with Crippen LogP contribution < -0.4 is 10.1 Å². The van der Waals surface area contributed by atoms with Gasteiger partial charge in [-0.05, 0) is 19.1 Å². The van der Waals surface area contributed by atoms with Crippen LogP contribution in [0.5, 0.6) is 5.75 Å². The first-order valence-electron chi connectivity index (χ1n) is 6.24. The zero-order chi connectivity index (χ0) is 14.8. The van der Waals surface area contributed by atoms with E-state index in [4.69, 9.17) is 0 Å². The van der Waals surface area contributed by atoms with Crippen molar-refractivity contribution in [1.29, 1.82) is 0 Å². The Morgan fingerprint density at radius 3 is 2.75 bits per heavy atom. The number of carbonyl (C=O) groups excluding carboxylic acids is 1. The predicted molar refractivity (Wildman–Crippen MR) is 66.5 cm³/mol. The Morgan fingerprint density at radius 2 is 2.10 bits per heavy atom. The number of rotatable bonds is 2. The lowest BCUT2D eigenvalue weighted by Gasteiger charge is -2.32. The molecule has 0 bridgehead atoms. The van der Waals surface area contributed by atoms with E-state index < -0.39 is 18.0 Å². The van der Waals surface area contributed by atoms with Crippen LogP contribution in [0.25, 0.3) is 0 Å². The third-order valence-corrected chi connectivity index (χ3v) is 3.00. The highest BCUT2D eigenvalue weighted by Crippen LogP contribution is 2.27. The molecule has 1 heterocycles. The molecule has 1 aliphatic rings. The van der Waals surface area contributed by atoms with Gasteiger partial charge in [0.2, 0.25) is 0 Å². The molecule has 0 unspecified atom stereocenters. The number of benzene rings is 1. The largest absolute Gasteiger partial charge is 0.573 e. The molecule has 1 aliphatic heterocycles. The normalized spacial score (nSPS) is 19.8. The van der Waals surface area contributed by atoms with Gasteiger partial charge in [0, 0.05) is 25.7 Å². The molecular formula is C13H15F3N2O2. The van der Waals surface area contributed by atoms with Crippen molar-refractivity contribution in [3.63, 3.8) is 0 Å². The second-order valence-electron chi connectivity index (χ2n) is 4.65. The first-order valence-corrected chi connectivity index (χ1v) is 6.24. The molecule has 0 radical (unpaired) electrons. The second-order valence-corrected chi connectivity index (χ2v) is 4.65. The minimum absolute atomic E-state index is 0.0704. The number of piperazine rings is 1. The van der Waals surface area contributed by atoms with Gasteiger partial charge in [0.25, 0.3) is 5.91 Å². The Labute approximate surface area is 114 Å². The van der Waals surface area contributed by atoms with Crippen LogP contribution in [0.4, 0.5) is 13.2 Å². The lowest BCUT2D eigenvalue weighted by Crippen LogP contribution is -2.51. The molecule has 0 aliphatic carbocycles. The van der Waals surface area contributed by atoms with E-state index in [1.807, 2.05) is 6.92 Å². The highest BCUT2D eigenvalue weighted by Gasteiger charge is 2.33.